The van der Waals surface area contributed by atoms with E-state index in [-0.39, 0.29) is 0 Å². The average molecular weight is 301 g/mol. The Balaban J connectivity index is 1.77. The van der Waals surface area contributed by atoms with E-state index in [0.717, 1.165) is 28.9 Å². The molecule has 0 amide bonds. The fraction of sp³-hybridized carbons (Fsp3) is 0.308. The molecule has 21 heavy (non-hydrogen) atoms. The molecule has 0 saturated carbocycles. The molecule has 0 N–H and O–H groups in total. The number of hydrogen-bond acceptors (Lipinski definition) is 6. The first-order valence-corrected chi connectivity index (χ1v) is 7.57. The van der Waals surface area contributed by atoms with E-state index in [4.69, 9.17) is 0 Å². The summed E-state index contributed by atoms with van der Waals surface area (Å²) in [6.45, 7) is 2.86. The maximum absolute atomic E-state index is 4.26. The molecule has 0 spiro atoms. The number of aryl methyl sites for hydroxylation is 1. The minimum atomic E-state index is 0.715. The SMILES string of the molecule is CCn1ncnc1CSc1nnc(-c2cccnc2)n1C. The zero-order valence-electron chi connectivity index (χ0n) is 11.8. The zero-order chi connectivity index (χ0) is 14.7. The summed E-state index contributed by atoms with van der Waals surface area (Å²) in [4.78, 5) is 8.37. The van der Waals surface area contributed by atoms with Crippen molar-refractivity contribution in [3.8, 4) is 11.4 Å². The Morgan fingerprint density at radius 2 is 2.19 bits per heavy atom. The molecular formula is C13H15N7S. The Kier molecular flexibility index (Phi) is 3.96. The molecule has 0 unspecified atom stereocenters. The monoisotopic (exact) mass is 301 g/mol. The Bertz CT molecular complexity index is 719. The van der Waals surface area contributed by atoms with Gasteiger partial charge in [0.25, 0.3) is 0 Å². The van der Waals surface area contributed by atoms with Gasteiger partial charge < -0.3 is 4.57 Å². The van der Waals surface area contributed by atoms with Gasteiger partial charge >= 0.3 is 0 Å². The lowest BCUT2D eigenvalue weighted by Gasteiger charge is -2.04. The molecule has 0 radical (unpaired) electrons. The first-order valence-electron chi connectivity index (χ1n) is 6.59. The lowest BCUT2D eigenvalue weighted by molar-refractivity contribution is 0.632. The van der Waals surface area contributed by atoms with E-state index in [1.807, 2.05) is 35.4 Å². The Morgan fingerprint density at radius 1 is 1.29 bits per heavy atom. The molecule has 0 atom stereocenters. The number of pyridine rings is 1. The summed E-state index contributed by atoms with van der Waals surface area (Å²) in [6, 6.07) is 3.86. The van der Waals surface area contributed by atoms with E-state index in [1.165, 1.54) is 0 Å². The van der Waals surface area contributed by atoms with Gasteiger partial charge in [0.15, 0.2) is 11.0 Å². The van der Waals surface area contributed by atoms with Crippen LogP contribution in [-0.2, 0) is 19.3 Å². The van der Waals surface area contributed by atoms with Crippen molar-refractivity contribution < 1.29 is 0 Å². The van der Waals surface area contributed by atoms with Crippen molar-refractivity contribution >= 4 is 11.8 Å². The van der Waals surface area contributed by atoms with Gasteiger partial charge in [-0.15, -0.1) is 10.2 Å². The molecule has 0 bridgehead atoms. The van der Waals surface area contributed by atoms with Gasteiger partial charge in [-0.2, -0.15) is 5.10 Å². The van der Waals surface area contributed by atoms with Gasteiger partial charge in [-0.25, -0.2) is 9.67 Å². The highest BCUT2D eigenvalue weighted by atomic mass is 32.2. The largest absolute Gasteiger partial charge is 0.305 e. The lowest BCUT2D eigenvalue weighted by atomic mass is 10.3. The normalized spacial score (nSPS) is 11.0. The third-order valence-electron chi connectivity index (χ3n) is 3.08. The predicted molar refractivity (Wildman–Crippen MR) is 79.5 cm³/mol. The third kappa shape index (κ3) is 2.80. The van der Waals surface area contributed by atoms with E-state index in [9.17, 15) is 0 Å². The van der Waals surface area contributed by atoms with E-state index >= 15 is 0 Å². The van der Waals surface area contributed by atoms with Gasteiger partial charge in [0.2, 0.25) is 0 Å². The first kappa shape index (κ1) is 13.7. The van der Waals surface area contributed by atoms with Crippen LogP contribution in [0, 0.1) is 0 Å². The number of aromatic nitrogens is 7. The first-order chi connectivity index (χ1) is 10.3. The quantitative estimate of drug-likeness (QED) is 0.669. The number of nitrogens with zero attached hydrogens (tertiary/aromatic N) is 7. The van der Waals surface area contributed by atoms with Crippen LogP contribution in [0.15, 0.2) is 36.0 Å². The van der Waals surface area contributed by atoms with Crippen molar-refractivity contribution in [3.05, 3.63) is 36.7 Å². The standard InChI is InChI=1S/C13H15N7S/c1-3-20-11(15-9-16-20)8-21-13-18-17-12(19(13)2)10-5-4-6-14-7-10/h4-7,9H,3,8H2,1-2H3. The molecule has 0 saturated heterocycles. The van der Waals surface area contributed by atoms with E-state index in [2.05, 4.69) is 25.3 Å². The topological polar surface area (TPSA) is 74.3 Å². The molecule has 3 aromatic heterocycles. The summed E-state index contributed by atoms with van der Waals surface area (Å²) in [5, 5.41) is 13.5. The Morgan fingerprint density at radius 3 is 2.95 bits per heavy atom. The van der Waals surface area contributed by atoms with Crippen LogP contribution in [0.4, 0.5) is 0 Å². The van der Waals surface area contributed by atoms with Crippen LogP contribution >= 0.6 is 11.8 Å². The van der Waals surface area contributed by atoms with Crippen LogP contribution in [0.3, 0.4) is 0 Å². The molecule has 0 aliphatic rings. The zero-order valence-corrected chi connectivity index (χ0v) is 12.7. The van der Waals surface area contributed by atoms with E-state index in [0.29, 0.717) is 5.75 Å². The minimum Gasteiger partial charge on any atom is -0.305 e. The fourth-order valence-corrected chi connectivity index (χ4v) is 2.84. The third-order valence-corrected chi connectivity index (χ3v) is 4.10. The summed E-state index contributed by atoms with van der Waals surface area (Å²) >= 11 is 1.60. The van der Waals surface area contributed by atoms with Crippen molar-refractivity contribution in [2.45, 2.75) is 24.4 Å². The van der Waals surface area contributed by atoms with Gasteiger partial charge in [0.05, 0.1) is 5.75 Å². The number of thioether (sulfide) groups is 1. The number of rotatable bonds is 5. The minimum absolute atomic E-state index is 0.715. The van der Waals surface area contributed by atoms with Crippen LogP contribution < -0.4 is 0 Å². The average Bonchev–Trinajstić information content (AvgIpc) is 3.12. The highest BCUT2D eigenvalue weighted by Gasteiger charge is 2.12. The molecule has 0 fully saturated rings. The summed E-state index contributed by atoms with van der Waals surface area (Å²) < 4.78 is 3.85. The summed E-state index contributed by atoms with van der Waals surface area (Å²) in [5.41, 5.74) is 0.955. The molecule has 3 heterocycles. The van der Waals surface area contributed by atoms with Gasteiger partial charge in [-0.3, -0.25) is 4.98 Å². The van der Waals surface area contributed by atoms with Crippen molar-refractivity contribution in [2.75, 3.05) is 0 Å². The lowest BCUT2D eigenvalue weighted by Crippen LogP contribution is -2.03. The molecule has 0 aliphatic carbocycles. The molecule has 3 aromatic rings. The number of hydrogen-bond donors (Lipinski definition) is 0. The van der Waals surface area contributed by atoms with Gasteiger partial charge in [-0.05, 0) is 19.1 Å². The van der Waals surface area contributed by atoms with Crippen LogP contribution in [0.2, 0.25) is 0 Å². The maximum atomic E-state index is 4.26. The Hall–Kier alpha value is -2.22. The second-order valence-corrected chi connectivity index (χ2v) is 5.33. The molecule has 108 valence electrons. The van der Waals surface area contributed by atoms with E-state index in [1.54, 1.807) is 30.5 Å². The Labute approximate surface area is 126 Å². The van der Waals surface area contributed by atoms with Crippen molar-refractivity contribution in [1.82, 2.24) is 34.5 Å². The van der Waals surface area contributed by atoms with Gasteiger partial charge in [0, 0.05) is 31.5 Å². The van der Waals surface area contributed by atoms with Gasteiger partial charge in [-0.1, -0.05) is 11.8 Å². The van der Waals surface area contributed by atoms with Gasteiger partial charge in [0.1, 0.15) is 12.2 Å². The predicted octanol–water partition coefficient (Wildman–Crippen LogP) is 1.78. The fourth-order valence-electron chi connectivity index (χ4n) is 1.98. The smallest absolute Gasteiger partial charge is 0.191 e. The van der Waals surface area contributed by atoms with E-state index < -0.39 is 0 Å². The summed E-state index contributed by atoms with van der Waals surface area (Å²) in [6.07, 6.45) is 5.11. The highest BCUT2D eigenvalue weighted by molar-refractivity contribution is 7.98. The van der Waals surface area contributed by atoms with Crippen molar-refractivity contribution in [2.24, 2.45) is 7.05 Å². The highest BCUT2D eigenvalue weighted by Crippen LogP contribution is 2.24. The molecule has 7 nitrogen and oxygen atoms in total. The van der Waals surface area contributed by atoms with Crippen LogP contribution in [0.25, 0.3) is 11.4 Å². The second-order valence-electron chi connectivity index (χ2n) is 4.39. The molecule has 0 aromatic carbocycles. The summed E-state index contributed by atoms with van der Waals surface area (Å²) in [5.74, 6) is 2.46. The molecule has 0 aliphatic heterocycles. The van der Waals surface area contributed by atoms with Crippen LogP contribution in [-0.4, -0.2) is 34.5 Å². The van der Waals surface area contributed by atoms with Crippen LogP contribution in [0.1, 0.15) is 12.7 Å². The maximum Gasteiger partial charge on any atom is 0.191 e. The molecule has 3 rings (SSSR count). The van der Waals surface area contributed by atoms with Crippen LogP contribution in [0.5, 0.6) is 0 Å². The summed E-state index contributed by atoms with van der Waals surface area (Å²) in [7, 11) is 1.95. The second kappa shape index (κ2) is 6.04. The molecular weight excluding hydrogens is 286 g/mol. The van der Waals surface area contributed by atoms with Crippen molar-refractivity contribution in [3.63, 3.8) is 0 Å². The molecule has 8 heteroatoms. The van der Waals surface area contributed by atoms with Crippen molar-refractivity contribution in [1.29, 1.82) is 0 Å².